The van der Waals surface area contributed by atoms with Gasteiger partial charge in [-0.05, 0) is 73.9 Å². The zero-order chi connectivity index (χ0) is 26.2. The molecule has 11 heteroatoms. The second kappa shape index (κ2) is 9.77. The topological polar surface area (TPSA) is 119 Å². The summed E-state index contributed by atoms with van der Waals surface area (Å²) in [7, 11) is -2.22. The second-order valence-electron chi connectivity index (χ2n) is 10.0. The molecule has 2 fully saturated rings. The van der Waals surface area contributed by atoms with E-state index in [0.29, 0.717) is 30.0 Å². The molecule has 0 radical (unpaired) electrons. The highest BCUT2D eigenvalue weighted by molar-refractivity contribution is 7.90. The van der Waals surface area contributed by atoms with Gasteiger partial charge >= 0.3 is 11.8 Å². The number of aryl methyl sites for hydroxylation is 2. The third-order valence-electron chi connectivity index (χ3n) is 7.53. The Labute approximate surface area is 216 Å². The van der Waals surface area contributed by atoms with Gasteiger partial charge in [0.25, 0.3) is 0 Å². The van der Waals surface area contributed by atoms with Crippen molar-refractivity contribution in [1.29, 1.82) is 0 Å². The fourth-order valence-corrected chi connectivity index (χ4v) is 7.30. The number of nitrogens with zero attached hydrogens (tertiary/aromatic N) is 5. The van der Waals surface area contributed by atoms with E-state index in [2.05, 4.69) is 20.0 Å². The van der Waals surface area contributed by atoms with Crippen molar-refractivity contribution in [2.45, 2.75) is 43.8 Å². The Hall–Kier alpha value is -3.47. The summed E-state index contributed by atoms with van der Waals surface area (Å²) in [4.78, 5) is 25.6. The summed E-state index contributed by atoms with van der Waals surface area (Å²) < 4.78 is 36.7. The van der Waals surface area contributed by atoms with E-state index in [0.717, 1.165) is 32.4 Å². The first-order valence-corrected chi connectivity index (χ1v) is 14.0. The highest BCUT2D eigenvalue weighted by Gasteiger charge is 2.42. The van der Waals surface area contributed by atoms with E-state index in [-0.39, 0.29) is 27.9 Å². The molecule has 2 aromatic heterocycles. The molecule has 10 nitrogen and oxygen atoms in total. The number of ether oxygens (including phenoxy) is 1. The maximum absolute atomic E-state index is 13.1. The summed E-state index contributed by atoms with van der Waals surface area (Å²) in [6.45, 7) is 6.60. The van der Waals surface area contributed by atoms with E-state index in [4.69, 9.17) is 9.26 Å². The highest BCUT2D eigenvalue weighted by atomic mass is 32.2. The first-order chi connectivity index (χ1) is 17.7. The summed E-state index contributed by atoms with van der Waals surface area (Å²) in [6, 6.07) is 7.41. The Balaban J connectivity index is 1.22. The first kappa shape index (κ1) is 25.2. The average molecular weight is 526 g/mol. The molecule has 2 aliphatic heterocycles. The van der Waals surface area contributed by atoms with Gasteiger partial charge in [0, 0.05) is 44.3 Å². The fourth-order valence-electron chi connectivity index (χ4n) is 5.60. The number of carbonyl (C=O) groups is 1. The van der Waals surface area contributed by atoms with Gasteiger partial charge in [-0.15, -0.1) is 0 Å². The highest BCUT2D eigenvalue weighted by Crippen LogP contribution is 2.42. The quantitative estimate of drug-likeness (QED) is 0.478. The molecule has 4 heterocycles. The van der Waals surface area contributed by atoms with Crippen LogP contribution < -0.4 is 9.64 Å². The van der Waals surface area contributed by atoms with Crippen LogP contribution in [0.15, 0.2) is 46.1 Å². The van der Waals surface area contributed by atoms with Crippen LogP contribution in [0.2, 0.25) is 0 Å². The number of amides is 1. The summed E-state index contributed by atoms with van der Waals surface area (Å²) in [5, 5.41) is 3.80. The van der Waals surface area contributed by atoms with E-state index in [1.807, 2.05) is 24.5 Å². The van der Waals surface area contributed by atoms with Crippen LogP contribution in [-0.4, -0.2) is 67.6 Å². The molecule has 1 spiro atoms. The summed E-state index contributed by atoms with van der Waals surface area (Å²) in [5.41, 5.74) is 2.52. The molecule has 1 amide bonds. The molecule has 196 valence electrons. The smallest absolute Gasteiger partial charge is 0.316 e. The molecule has 1 aromatic carbocycles. The van der Waals surface area contributed by atoms with Gasteiger partial charge in [-0.2, -0.15) is 4.98 Å². The minimum Gasteiger partial charge on any atom is -0.497 e. The van der Waals surface area contributed by atoms with E-state index < -0.39 is 15.6 Å². The number of hydrogen-bond acceptors (Lipinski definition) is 9. The van der Waals surface area contributed by atoms with Crippen molar-refractivity contribution < 1.29 is 22.5 Å². The van der Waals surface area contributed by atoms with E-state index >= 15 is 0 Å². The van der Waals surface area contributed by atoms with Gasteiger partial charge in [0.15, 0.2) is 15.7 Å². The second-order valence-corrected chi connectivity index (χ2v) is 12.0. The predicted octanol–water partition coefficient (Wildman–Crippen LogP) is 3.20. The largest absolute Gasteiger partial charge is 0.497 e. The molecule has 0 atom stereocenters. The Bertz CT molecular complexity index is 1370. The van der Waals surface area contributed by atoms with Crippen molar-refractivity contribution in [3.8, 4) is 5.75 Å². The van der Waals surface area contributed by atoms with Gasteiger partial charge in [-0.3, -0.25) is 9.78 Å². The third kappa shape index (κ3) is 5.04. The maximum Gasteiger partial charge on any atom is 0.316 e. The van der Waals surface area contributed by atoms with Gasteiger partial charge in [-0.1, -0.05) is 5.16 Å². The van der Waals surface area contributed by atoms with Crippen LogP contribution in [0.5, 0.6) is 5.75 Å². The molecule has 2 aliphatic rings. The Kier molecular flexibility index (Phi) is 6.65. The van der Waals surface area contributed by atoms with E-state index in [1.165, 1.54) is 12.8 Å². The molecule has 3 aromatic rings. The van der Waals surface area contributed by atoms with Crippen LogP contribution in [0, 0.1) is 19.3 Å². The van der Waals surface area contributed by atoms with E-state index in [1.54, 1.807) is 30.9 Å². The molecule has 0 saturated carbocycles. The van der Waals surface area contributed by atoms with Crippen LogP contribution in [-0.2, 0) is 15.6 Å². The van der Waals surface area contributed by atoms with E-state index in [9.17, 15) is 13.2 Å². The predicted molar refractivity (Wildman–Crippen MR) is 136 cm³/mol. The fraction of sp³-hybridized carbons (Fsp3) is 0.462. The lowest BCUT2D eigenvalue weighted by molar-refractivity contribution is 0.0563. The summed E-state index contributed by atoms with van der Waals surface area (Å²) >= 11 is 0. The van der Waals surface area contributed by atoms with Crippen LogP contribution in [0.3, 0.4) is 0 Å². The number of sulfone groups is 1. The molecular weight excluding hydrogens is 494 g/mol. The van der Waals surface area contributed by atoms with Crippen molar-refractivity contribution in [3.05, 3.63) is 59.5 Å². The van der Waals surface area contributed by atoms with Gasteiger partial charge in [0.05, 0.1) is 12.0 Å². The lowest BCUT2D eigenvalue weighted by Gasteiger charge is -2.38. The van der Waals surface area contributed by atoms with Gasteiger partial charge < -0.3 is 19.1 Å². The van der Waals surface area contributed by atoms with Crippen molar-refractivity contribution in [3.63, 3.8) is 0 Å². The zero-order valence-corrected chi connectivity index (χ0v) is 22.1. The van der Waals surface area contributed by atoms with Crippen LogP contribution in [0.1, 0.15) is 46.9 Å². The number of likely N-dealkylation sites (tertiary alicyclic amines) is 1. The number of piperidine rings is 1. The number of methoxy groups -OCH3 is 1. The number of benzene rings is 1. The van der Waals surface area contributed by atoms with Crippen LogP contribution in [0.4, 0.5) is 5.69 Å². The summed E-state index contributed by atoms with van der Waals surface area (Å²) in [6.07, 6.45) is 6.50. The Morgan fingerprint density at radius 2 is 1.73 bits per heavy atom. The minimum absolute atomic E-state index is 0.0322. The van der Waals surface area contributed by atoms with Crippen molar-refractivity contribution in [1.82, 2.24) is 20.0 Å². The average Bonchev–Trinajstić information content (AvgIpc) is 3.51. The first-order valence-electron chi connectivity index (χ1n) is 12.3. The van der Waals surface area contributed by atoms with Crippen LogP contribution >= 0.6 is 0 Å². The van der Waals surface area contributed by atoms with Crippen LogP contribution in [0.25, 0.3) is 0 Å². The molecule has 0 aliphatic carbocycles. The maximum atomic E-state index is 13.1. The number of pyridine rings is 1. The molecule has 37 heavy (non-hydrogen) atoms. The summed E-state index contributed by atoms with van der Waals surface area (Å²) in [5.74, 6) is -0.422. The molecule has 5 rings (SSSR count). The van der Waals surface area contributed by atoms with Crippen molar-refractivity contribution in [2.24, 2.45) is 5.41 Å². The number of rotatable bonds is 6. The number of carbonyl (C=O) groups excluding carboxylic acids is 1. The van der Waals surface area contributed by atoms with Crippen molar-refractivity contribution in [2.75, 3.05) is 38.2 Å². The standard InChI is InChI=1S/C26H31N5O5S/c1-18-14-21(35-3)15-19(2)23(18)37(33,34)16-22-28-24(36-29-22)25(32)30-11-6-26(7-12-30)8-13-31(17-26)20-4-9-27-10-5-20/h4-5,9-10,14-15H,6-8,11-13,16-17H2,1-3H3. The number of anilines is 1. The lowest BCUT2D eigenvalue weighted by Crippen LogP contribution is -2.44. The molecule has 0 N–H and O–H groups in total. The normalized spacial score (nSPS) is 17.4. The van der Waals surface area contributed by atoms with Gasteiger partial charge in [0.2, 0.25) is 0 Å². The Morgan fingerprint density at radius 1 is 1.08 bits per heavy atom. The van der Waals surface area contributed by atoms with Gasteiger partial charge in [0.1, 0.15) is 11.5 Å². The zero-order valence-electron chi connectivity index (χ0n) is 21.3. The number of aromatic nitrogens is 3. The molecule has 2 saturated heterocycles. The molecule has 0 bridgehead atoms. The molecule has 0 unspecified atom stereocenters. The molecular formula is C26H31N5O5S. The SMILES string of the molecule is COc1cc(C)c(S(=O)(=O)Cc2noc(C(=O)N3CCC4(CC3)CCN(c3ccncc3)C4)n2)c(C)c1. The monoisotopic (exact) mass is 525 g/mol. The van der Waals surface area contributed by atoms with Crippen molar-refractivity contribution >= 4 is 21.4 Å². The lowest BCUT2D eigenvalue weighted by atomic mass is 9.78. The number of hydrogen-bond donors (Lipinski definition) is 0. The third-order valence-corrected chi connectivity index (χ3v) is 9.43. The Morgan fingerprint density at radius 3 is 2.38 bits per heavy atom. The van der Waals surface area contributed by atoms with Gasteiger partial charge in [-0.25, -0.2) is 8.42 Å². The minimum atomic E-state index is -3.75.